The Morgan fingerprint density at radius 2 is 1.56 bits per heavy atom. The smallest absolute Gasteiger partial charge is 0.307 e. The topological polar surface area (TPSA) is 93.7 Å². The SMILES string of the molecule is C=CC[C@H](CC(=O)OC(C)(C)C)C(=O)N[C@@H](Cc1ccccc1)C(=O)N[C@H](COC)c1ccccc1. The van der Waals surface area contributed by atoms with Gasteiger partial charge < -0.3 is 20.1 Å². The van der Waals surface area contributed by atoms with Crippen LogP contribution in [0.15, 0.2) is 73.3 Å². The number of benzene rings is 2. The number of amides is 2. The average Bonchev–Trinajstić information content (AvgIpc) is 2.83. The zero-order valence-electron chi connectivity index (χ0n) is 21.7. The summed E-state index contributed by atoms with van der Waals surface area (Å²) in [5, 5.41) is 5.88. The molecule has 2 N–H and O–H groups in total. The molecule has 194 valence electrons. The van der Waals surface area contributed by atoms with Crippen LogP contribution in [0.2, 0.25) is 0 Å². The van der Waals surface area contributed by atoms with Crippen molar-refractivity contribution >= 4 is 17.8 Å². The highest BCUT2D eigenvalue weighted by Gasteiger charge is 2.29. The molecule has 2 aromatic carbocycles. The van der Waals surface area contributed by atoms with Gasteiger partial charge in [-0.2, -0.15) is 0 Å². The molecule has 7 heteroatoms. The lowest BCUT2D eigenvalue weighted by molar-refractivity contribution is -0.157. The number of carbonyl (C=O) groups excluding carboxylic acids is 3. The van der Waals surface area contributed by atoms with Crippen LogP contribution < -0.4 is 10.6 Å². The van der Waals surface area contributed by atoms with Crippen LogP contribution in [-0.2, 0) is 30.3 Å². The minimum absolute atomic E-state index is 0.106. The maximum atomic E-state index is 13.4. The lowest BCUT2D eigenvalue weighted by atomic mass is 9.98. The first kappa shape index (κ1) is 28.8. The van der Waals surface area contributed by atoms with E-state index >= 15 is 0 Å². The number of hydrogen-bond acceptors (Lipinski definition) is 5. The highest BCUT2D eigenvalue weighted by Crippen LogP contribution is 2.17. The van der Waals surface area contributed by atoms with E-state index in [-0.39, 0.29) is 31.4 Å². The van der Waals surface area contributed by atoms with Gasteiger partial charge in [-0.1, -0.05) is 66.7 Å². The summed E-state index contributed by atoms with van der Waals surface area (Å²) in [4.78, 5) is 39.1. The van der Waals surface area contributed by atoms with Crippen LogP contribution >= 0.6 is 0 Å². The second kappa shape index (κ2) is 14.2. The fourth-order valence-corrected chi connectivity index (χ4v) is 3.76. The molecule has 0 aromatic heterocycles. The number of hydrogen-bond donors (Lipinski definition) is 2. The monoisotopic (exact) mass is 494 g/mol. The van der Waals surface area contributed by atoms with Gasteiger partial charge in [0, 0.05) is 13.5 Å². The molecule has 7 nitrogen and oxygen atoms in total. The highest BCUT2D eigenvalue weighted by atomic mass is 16.6. The maximum Gasteiger partial charge on any atom is 0.307 e. The van der Waals surface area contributed by atoms with Crippen molar-refractivity contribution in [3.63, 3.8) is 0 Å². The van der Waals surface area contributed by atoms with Crippen LogP contribution in [0, 0.1) is 5.92 Å². The molecule has 0 unspecified atom stereocenters. The minimum Gasteiger partial charge on any atom is -0.460 e. The third kappa shape index (κ3) is 10.0. The molecule has 0 heterocycles. The fourth-order valence-electron chi connectivity index (χ4n) is 3.76. The first-order valence-corrected chi connectivity index (χ1v) is 12.1. The van der Waals surface area contributed by atoms with E-state index < -0.39 is 29.4 Å². The van der Waals surface area contributed by atoms with Crippen molar-refractivity contribution in [2.75, 3.05) is 13.7 Å². The summed E-state index contributed by atoms with van der Waals surface area (Å²) in [5.74, 6) is -1.92. The van der Waals surface area contributed by atoms with E-state index in [1.54, 1.807) is 34.0 Å². The lowest BCUT2D eigenvalue weighted by Crippen LogP contribution is -2.51. The largest absolute Gasteiger partial charge is 0.460 e. The molecule has 0 bridgehead atoms. The van der Waals surface area contributed by atoms with Crippen LogP contribution in [0.4, 0.5) is 0 Å². The van der Waals surface area contributed by atoms with E-state index in [0.29, 0.717) is 6.42 Å². The van der Waals surface area contributed by atoms with Gasteiger partial charge in [0.05, 0.1) is 25.0 Å². The van der Waals surface area contributed by atoms with E-state index in [0.717, 1.165) is 11.1 Å². The Balaban J connectivity index is 2.22. The Kier molecular flexibility index (Phi) is 11.3. The summed E-state index contributed by atoms with van der Waals surface area (Å²) in [5.41, 5.74) is 1.14. The zero-order chi connectivity index (χ0) is 26.6. The third-order valence-corrected chi connectivity index (χ3v) is 5.42. The summed E-state index contributed by atoms with van der Waals surface area (Å²) in [7, 11) is 1.57. The molecular weight excluding hydrogens is 456 g/mol. The fraction of sp³-hybridized carbons (Fsp3) is 0.414. The zero-order valence-corrected chi connectivity index (χ0v) is 21.7. The van der Waals surface area contributed by atoms with E-state index in [1.807, 2.05) is 60.7 Å². The molecule has 0 spiro atoms. The van der Waals surface area contributed by atoms with Gasteiger partial charge in [0.25, 0.3) is 0 Å². The van der Waals surface area contributed by atoms with Crippen molar-refractivity contribution in [1.29, 1.82) is 0 Å². The Morgan fingerprint density at radius 1 is 0.944 bits per heavy atom. The number of allylic oxidation sites excluding steroid dienone is 1. The van der Waals surface area contributed by atoms with E-state index in [9.17, 15) is 14.4 Å². The summed E-state index contributed by atoms with van der Waals surface area (Å²) in [6.45, 7) is 9.32. The summed E-state index contributed by atoms with van der Waals surface area (Å²) >= 11 is 0. The van der Waals surface area contributed by atoms with Crippen LogP contribution in [-0.4, -0.2) is 43.1 Å². The molecule has 0 radical (unpaired) electrons. The first-order chi connectivity index (χ1) is 17.1. The van der Waals surface area contributed by atoms with Gasteiger partial charge in [0.1, 0.15) is 11.6 Å². The number of rotatable bonds is 13. The normalized spacial score (nSPS) is 13.7. The van der Waals surface area contributed by atoms with E-state index in [1.165, 1.54) is 0 Å². The molecule has 2 amide bonds. The summed E-state index contributed by atoms with van der Waals surface area (Å²) in [6.07, 6.45) is 2.05. The second-order valence-electron chi connectivity index (χ2n) is 9.69. The Bertz CT molecular complexity index is 986. The van der Waals surface area contributed by atoms with Gasteiger partial charge in [-0.25, -0.2) is 0 Å². The summed E-state index contributed by atoms with van der Waals surface area (Å²) < 4.78 is 10.7. The van der Waals surface area contributed by atoms with Gasteiger partial charge in [-0.05, 0) is 38.3 Å². The van der Waals surface area contributed by atoms with Gasteiger partial charge in [0.2, 0.25) is 11.8 Å². The predicted octanol–water partition coefficient (Wildman–Crippen LogP) is 4.14. The molecule has 0 saturated carbocycles. The molecular formula is C29H38N2O5. The molecule has 2 rings (SSSR count). The van der Waals surface area contributed by atoms with Gasteiger partial charge in [-0.3, -0.25) is 14.4 Å². The molecule has 0 aliphatic rings. The quantitative estimate of drug-likeness (QED) is 0.322. The molecule has 36 heavy (non-hydrogen) atoms. The predicted molar refractivity (Wildman–Crippen MR) is 140 cm³/mol. The van der Waals surface area contributed by atoms with Crippen molar-refractivity contribution in [3.8, 4) is 0 Å². The number of methoxy groups -OCH3 is 1. The van der Waals surface area contributed by atoms with Crippen molar-refractivity contribution < 1.29 is 23.9 Å². The summed E-state index contributed by atoms with van der Waals surface area (Å²) in [6, 6.07) is 17.7. The number of nitrogens with one attached hydrogen (secondary N) is 2. The highest BCUT2D eigenvalue weighted by molar-refractivity contribution is 5.90. The molecule has 0 aliphatic heterocycles. The van der Waals surface area contributed by atoms with Crippen LogP contribution in [0.25, 0.3) is 0 Å². The Hall–Kier alpha value is -3.45. The standard InChI is InChI=1S/C29H38N2O5/c1-6-13-23(19-26(32)36-29(2,3)4)27(33)30-24(18-21-14-9-7-10-15-21)28(34)31-25(20-35-5)22-16-11-8-12-17-22/h6-12,14-17,23-25H,1,13,18-20H2,2-5H3,(H,30,33)(H,31,34)/t23-,24+,25-/m1/s1. The molecule has 0 saturated heterocycles. The molecule has 3 atom stereocenters. The molecule has 0 aliphatic carbocycles. The van der Waals surface area contributed by atoms with Crippen molar-refractivity contribution in [2.24, 2.45) is 5.92 Å². The maximum absolute atomic E-state index is 13.4. The Morgan fingerprint density at radius 3 is 2.11 bits per heavy atom. The van der Waals surface area contributed by atoms with Crippen LogP contribution in [0.3, 0.4) is 0 Å². The number of esters is 1. The average molecular weight is 495 g/mol. The number of carbonyl (C=O) groups is 3. The van der Waals surface area contributed by atoms with Crippen molar-refractivity contribution in [2.45, 2.75) is 57.7 Å². The first-order valence-electron chi connectivity index (χ1n) is 12.1. The van der Waals surface area contributed by atoms with Crippen molar-refractivity contribution in [3.05, 3.63) is 84.4 Å². The Labute approximate surface area is 214 Å². The number of ether oxygens (including phenoxy) is 2. The third-order valence-electron chi connectivity index (χ3n) is 5.42. The van der Waals surface area contributed by atoms with Gasteiger partial charge in [0.15, 0.2) is 0 Å². The van der Waals surface area contributed by atoms with Crippen LogP contribution in [0.5, 0.6) is 0 Å². The minimum atomic E-state index is -0.853. The van der Waals surface area contributed by atoms with E-state index in [4.69, 9.17) is 9.47 Å². The molecule has 2 aromatic rings. The molecule has 0 fully saturated rings. The van der Waals surface area contributed by atoms with Gasteiger partial charge in [-0.15, -0.1) is 6.58 Å². The lowest BCUT2D eigenvalue weighted by Gasteiger charge is -2.26. The van der Waals surface area contributed by atoms with Crippen LogP contribution in [0.1, 0.15) is 50.8 Å². The van der Waals surface area contributed by atoms with Gasteiger partial charge >= 0.3 is 5.97 Å². The second-order valence-corrected chi connectivity index (χ2v) is 9.69. The van der Waals surface area contributed by atoms with Crippen molar-refractivity contribution in [1.82, 2.24) is 10.6 Å². The van der Waals surface area contributed by atoms with E-state index in [2.05, 4.69) is 17.2 Å².